The van der Waals surface area contributed by atoms with E-state index < -0.39 is 5.54 Å². The molecule has 6 heteroatoms. The van der Waals surface area contributed by atoms with Gasteiger partial charge in [0.2, 0.25) is 0 Å². The Labute approximate surface area is 148 Å². The number of aliphatic imine (C=N–C) groups is 1. The summed E-state index contributed by atoms with van der Waals surface area (Å²) in [4.78, 5) is 4.83. The van der Waals surface area contributed by atoms with Crippen LogP contribution in [0, 0.1) is 6.92 Å². The summed E-state index contributed by atoms with van der Waals surface area (Å²) in [5.74, 6) is 2.78. The fourth-order valence-corrected chi connectivity index (χ4v) is 3.72. The number of aryl methyl sites for hydroxylation is 1. The van der Waals surface area contributed by atoms with Gasteiger partial charge in [0.1, 0.15) is 35.2 Å². The highest BCUT2D eigenvalue weighted by atomic mass is 79.9. The fourth-order valence-electron chi connectivity index (χ4n) is 3.36. The normalized spacial score (nSPS) is 21.5. The number of amidine groups is 1. The van der Waals surface area contributed by atoms with Gasteiger partial charge in [0.15, 0.2) is 0 Å². The van der Waals surface area contributed by atoms with Gasteiger partial charge < -0.3 is 19.9 Å². The van der Waals surface area contributed by atoms with Crippen LogP contribution < -0.4 is 15.2 Å². The number of hydrogen-bond acceptors (Lipinski definition) is 5. The van der Waals surface area contributed by atoms with Crippen LogP contribution in [0.1, 0.15) is 16.7 Å². The first-order valence-corrected chi connectivity index (χ1v) is 8.42. The molecule has 5 nitrogen and oxygen atoms in total. The van der Waals surface area contributed by atoms with Gasteiger partial charge in [-0.25, -0.2) is 0 Å². The van der Waals surface area contributed by atoms with E-state index >= 15 is 0 Å². The van der Waals surface area contributed by atoms with Crippen LogP contribution in [0.3, 0.4) is 0 Å². The van der Waals surface area contributed by atoms with Crippen LogP contribution in [-0.2, 0) is 10.3 Å². The number of ether oxygens (including phenoxy) is 3. The molecule has 0 fully saturated rings. The number of halogens is 1. The van der Waals surface area contributed by atoms with Gasteiger partial charge >= 0.3 is 0 Å². The minimum Gasteiger partial charge on any atom is -0.497 e. The summed E-state index contributed by atoms with van der Waals surface area (Å²) in [5, 5.41) is 0. The van der Waals surface area contributed by atoms with Crippen LogP contribution >= 0.6 is 15.9 Å². The number of hydrogen-bond donors (Lipinski definition) is 1. The molecule has 0 radical (unpaired) electrons. The maximum Gasteiger partial charge on any atom is 0.143 e. The van der Waals surface area contributed by atoms with Crippen LogP contribution in [0.5, 0.6) is 17.2 Å². The van der Waals surface area contributed by atoms with E-state index in [9.17, 15) is 0 Å². The molecule has 4 rings (SSSR count). The second kappa shape index (κ2) is 5.50. The van der Waals surface area contributed by atoms with Crippen molar-refractivity contribution in [2.75, 3.05) is 20.3 Å². The summed E-state index contributed by atoms with van der Waals surface area (Å²) >= 11 is 3.54. The Balaban J connectivity index is 2.06. The van der Waals surface area contributed by atoms with Crippen LogP contribution in [0.25, 0.3) is 0 Å². The van der Waals surface area contributed by atoms with Gasteiger partial charge in [0.05, 0.1) is 13.7 Å². The molecule has 2 aliphatic rings. The van der Waals surface area contributed by atoms with E-state index in [2.05, 4.69) is 15.9 Å². The Morgan fingerprint density at radius 2 is 2.08 bits per heavy atom. The molecule has 124 valence electrons. The Morgan fingerprint density at radius 1 is 1.25 bits per heavy atom. The molecule has 2 aliphatic heterocycles. The number of nitrogens with two attached hydrogens (primary N) is 1. The average Bonchev–Trinajstić information content (AvgIpc) is 2.56. The number of methoxy groups -OCH3 is 1. The molecule has 0 aromatic heterocycles. The molecule has 0 aliphatic carbocycles. The molecule has 0 bridgehead atoms. The molecule has 2 heterocycles. The fraction of sp³-hybridized carbons (Fsp3) is 0.278. The third-order valence-electron chi connectivity index (χ3n) is 4.42. The number of rotatable bonds is 1. The second-order valence-electron chi connectivity index (χ2n) is 6.02. The van der Waals surface area contributed by atoms with Gasteiger partial charge in [-0.3, -0.25) is 4.99 Å². The van der Waals surface area contributed by atoms with E-state index in [0.29, 0.717) is 19.0 Å². The van der Waals surface area contributed by atoms with Crippen molar-refractivity contribution in [2.24, 2.45) is 10.7 Å². The van der Waals surface area contributed by atoms with Gasteiger partial charge in [0, 0.05) is 15.6 Å². The minimum absolute atomic E-state index is 0.338. The standard InChI is InChI=1S/C18H17BrN2O3/c1-10-5-12(22-2)7-14-17(10)24-15-4-3-11(19)6-13(15)18(14)9-23-8-16(20)21-18/h3-7H,8-9H2,1-2H3,(H2,20,21)/t18-/m1/s1. The smallest absolute Gasteiger partial charge is 0.143 e. The third kappa shape index (κ3) is 2.21. The van der Waals surface area contributed by atoms with Gasteiger partial charge in [-0.2, -0.15) is 0 Å². The zero-order valence-electron chi connectivity index (χ0n) is 13.4. The van der Waals surface area contributed by atoms with Gasteiger partial charge in [0.25, 0.3) is 0 Å². The quantitative estimate of drug-likeness (QED) is 0.811. The van der Waals surface area contributed by atoms with Crippen LogP contribution in [0.2, 0.25) is 0 Å². The second-order valence-corrected chi connectivity index (χ2v) is 6.94. The first kappa shape index (κ1) is 15.5. The summed E-state index contributed by atoms with van der Waals surface area (Å²) in [5.41, 5.74) is 8.14. The van der Waals surface area contributed by atoms with Crippen LogP contribution in [0.4, 0.5) is 0 Å². The lowest BCUT2D eigenvalue weighted by Crippen LogP contribution is -2.42. The van der Waals surface area contributed by atoms with E-state index in [0.717, 1.165) is 38.4 Å². The molecule has 0 saturated heterocycles. The van der Waals surface area contributed by atoms with Crippen molar-refractivity contribution < 1.29 is 14.2 Å². The van der Waals surface area contributed by atoms with Gasteiger partial charge in [-0.1, -0.05) is 15.9 Å². The highest BCUT2D eigenvalue weighted by molar-refractivity contribution is 9.10. The SMILES string of the molecule is COc1cc(C)c2c(c1)[C@@]1(COCC(N)=N1)c1cc(Br)ccc1O2. The largest absolute Gasteiger partial charge is 0.497 e. The molecule has 2 aromatic rings. The molecule has 0 saturated carbocycles. The Morgan fingerprint density at radius 3 is 2.83 bits per heavy atom. The van der Waals surface area contributed by atoms with Crippen LogP contribution in [-0.4, -0.2) is 26.2 Å². The number of fused-ring (bicyclic) bond motifs is 4. The summed E-state index contributed by atoms with van der Waals surface area (Å²) in [6, 6.07) is 9.81. The van der Waals surface area contributed by atoms with Crippen molar-refractivity contribution in [1.29, 1.82) is 0 Å². The minimum atomic E-state index is -0.728. The first-order chi connectivity index (χ1) is 11.5. The zero-order chi connectivity index (χ0) is 16.9. The molecule has 2 aromatic carbocycles. The maximum absolute atomic E-state index is 6.18. The van der Waals surface area contributed by atoms with Crippen molar-refractivity contribution in [3.63, 3.8) is 0 Å². The average molecular weight is 389 g/mol. The Hall–Kier alpha value is -2.05. The highest BCUT2D eigenvalue weighted by Crippen LogP contribution is 2.52. The van der Waals surface area contributed by atoms with Crippen molar-refractivity contribution in [3.05, 3.63) is 51.5 Å². The maximum atomic E-state index is 6.18. The molecular weight excluding hydrogens is 372 g/mol. The Kier molecular flexibility index (Phi) is 3.54. The molecule has 0 amide bonds. The summed E-state index contributed by atoms with van der Waals surface area (Å²) in [7, 11) is 1.65. The number of benzene rings is 2. The van der Waals surface area contributed by atoms with E-state index in [4.69, 9.17) is 24.9 Å². The lowest BCUT2D eigenvalue weighted by Gasteiger charge is -2.40. The zero-order valence-corrected chi connectivity index (χ0v) is 15.0. The van der Waals surface area contributed by atoms with E-state index in [1.807, 2.05) is 37.3 Å². The van der Waals surface area contributed by atoms with Crippen LogP contribution in [0.15, 0.2) is 39.8 Å². The Bertz CT molecular complexity index is 866. The van der Waals surface area contributed by atoms with Crippen molar-refractivity contribution in [3.8, 4) is 17.2 Å². The lowest BCUT2D eigenvalue weighted by molar-refractivity contribution is 0.109. The molecule has 24 heavy (non-hydrogen) atoms. The van der Waals surface area contributed by atoms with Gasteiger partial charge in [-0.15, -0.1) is 0 Å². The van der Waals surface area contributed by atoms with E-state index in [1.165, 1.54) is 0 Å². The van der Waals surface area contributed by atoms with Gasteiger partial charge in [-0.05, 0) is 42.8 Å². The molecular formula is C18H17BrN2O3. The topological polar surface area (TPSA) is 66.1 Å². The van der Waals surface area contributed by atoms with Crippen molar-refractivity contribution in [1.82, 2.24) is 0 Å². The summed E-state index contributed by atoms with van der Waals surface area (Å²) in [6.45, 7) is 2.74. The summed E-state index contributed by atoms with van der Waals surface area (Å²) in [6.07, 6.45) is 0. The summed E-state index contributed by atoms with van der Waals surface area (Å²) < 4.78 is 18.4. The monoisotopic (exact) mass is 388 g/mol. The van der Waals surface area contributed by atoms with E-state index in [-0.39, 0.29) is 0 Å². The van der Waals surface area contributed by atoms with Crippen molar-refractivity contribution in [2.45, 2.75) is 12.5 Å². The predicted octanol–water partition coefficient (Wildman–Crippen LogP) is 3.50. The molecule has 2 N–H and O–H groups in total. The third-order valence-corrected chi connectivity index (χ3v) is 4.92. The molecule has 0 unspecified atom stereocenters. The predicted molar refractivity (Wildman–Crippen MR) is 95.2 cm³/mol. The van der Waals surface area contributed by atoms with E-state index in [1.54, 1.807) is 7.11 Å². The lowest BCUT2D eigenvalue weighted by atomic mass is 9.79. The molecule has 1 atom stereocenters. The van der Waals surface area contributed by atoms with Crippen molar-refractivity contribution >= 4 is 21.8 Å². The highest BCUT2D eigenvalue weighted by Gasteiger charge is 2.45. The number of nitrogens with zero attached hydrogens (tertiary/aromatic N) is 1. The first-order valence-electron chi connectivity index (χ1n) is 7.62. The molecule has 1 spiro atoms.